The maximum absolute atomic E-state index is 11.9. The van der Waals surface area contributed by atoms with E-state index in [1.165, 1.54) is 0 Å². The second kappa shape index (κ2) is 7.48. The third-order valence-corrected chi connectivity index (χ3v) is 4.32. The van der Waals surface area contributed by atoms with Gasteiger partial charge in [-0.15, -0.1) is 0 Å². The number of aliphatic carboxylic acids is 1. The molecule has 1 amide bonds. The molecule has 1 aliphatic rings. The van der Waals surface area contributed by atoms with Gasteiger partial charge in [-0.05, 0) is 24.7 Å². The molecule has 110 valence electrons. The molecule has 0 bridgehead atoms. The maximum Gasteiger partial charge on any atom is 0.306 e. The van der Waals surface area contributed by atoms with E-state index >= 15 is 0 Å². The van der Waals surface area contributed by atoms with E-state index < -0.39 is 12.0 Å². The van der Waals surface area contributed by atoms with Crippen molar-refractivity contribution < 1.29 is 14.7 Å². The zero-order chi connectivity index (χ0) is 14.4. The number of hydrogen-bond donors (Lipinski definition) is 3. The summed E-state index contributed by atoms with van der Waals surface area (Å²) >= 11 is 0. The van der Waals surface area contributed by atoms with E-state index in [2.05, 4.69) is 5.32 Å². The first-order valence-electron chi connectivity index (χ1n) is 7.23. The van der Waals surface area contributed by atoms with Crippen molar-refractivity contribution in [3.8, 4) is 0 Å². The molecule has 4 N–H and O–H groups in total. The molecule has 19 heavy (non-hydrogen) atoms. The summed E-state index contributed by atoms with van der Waals surface area (Å²) in [4.78, 5) is 23.0. The Morgan fingerprint density at radius 2 is 2.00 bits per heavy atom. The van der Waals surface area contributed by atoms with Crippen LogP contribution in [0.1, 0.15) is 46.0 Å². The quantitative estimate of drug-likeness (QED) is 0.679. The molecule has 5 nitrogen and oxygen atoms in total. The number of rotatable bonds is 6. The first kappa shape index (κ1) is 16.0. The van der Waals surface area contributed by atoms with Gasteiger partial charge in [0.1, 0.15) is 0 Å². The van der Waals surface area contributed by atoms with E-state index in [1.807, 2.05) is 13.8 Å². The van der Waals surface area contributed by atoms with Gasteiger partial charge in [0.2, 0.25) is 5.91 Å². The summed E-state index contributed by atoms with van der Waals surface area (Å²) in [5.74, 6) is -1.05. The Kier molecular flexibility index (Phi) is 6.28. The minimum Gasteiger partial charge on any atom is -0.481 e. The third kappa shape index (κ3) is 4.49. The predicted molar refractivity (Wildman–Crippen MR) is 73.5 cm³/mol. The largest absolute Gasteiger partial charge is 0.481 e. The summed E-state index contributed by atoms with van der Waals surface area (Å²) in [7, 11) is 0. The highest BCUT2D eigenvalue weighted by atomic mass is 16.4. The highest BCUT2D eigenvalue weighted by Crippen LogP contribution is 2.29. The molecule has 4 atom stereocenters. The van der Waals surface area contributed by atoms with Crippen LogP contribution in [-0.2, 0) is 9.59 Å². The van der Waals surface area contributed by atoms with Crippen molar-refractivity contribution in [3.05, 3.63) is 0 Å². The summed E-state index contributed by atoms with van der Waals surface area (Å²) in [5, 5.41) is 12.0. The summed E-state index contributed by atoms with van der Waals surface area (Å²) in [6.45, 7) is 4.38. The van der Waals surface area contributed by atoms with Crippen molar-refractivity contribution in [2.24, 2.45) is 23.5 Å². The van der Waals surface area contributed by atoms with Crippen molar-refractivity contribution in [2.75, 3.05) is 6.54 Å². The van der Waals surface area contributed by atoms with Crippen molar-refractivity contribution in [2.45, 2.75) is 52.0 Å². The number of amides is 1. The Morgan fingerprint density at radius 3 is 2.58 bits per heavy atom. The lowest BCUT2D eigenvalue weighted by Crippen LogP contribution is -2.47. The number of nitrogens with one attached hydrogen (secondary N) is 1. The van der Waals surface area contributed by atoms with Gasteiger partial charge in [-0.2, -0.15) is 0 Å². The van der Waals surface area contributed by atoms with Crippen LogP contribution in [0.15, 0.2) is 0 Å². The molecule has 5 heteroatoms. The van der Waals surface area contributed by atoms with Gasteiger partial charge in [0, 0.05) is 6.54 Å². The van der Waals surface area contributed by atoms with Gasteiger partial charge in [0.05, 0.1) is 12.0 Å². The fourth-order valence-electron chi connectivity index (χ4n) is 2.64. The molecule has 0 aromatic heterocycles. The molecule has 4 unspecified atom stereocenters. The standard InChI is InChI=1S/C14H26N2O3/c1-3-9(2)12(15)13(17)16-8-10-6-4-5-7-11(10)14(18)19/h9-12H,3-8,15H2,1-2H3,(H,16,17)(H,18,19). The molecule has 0 saturated heterocycles. The lowest BCUT2D eigenvalue weighted by atomic mass is 9.79. The van der Waals surface area contributed by atoms with Crippen LogP contribution in [0.2, 0.25) is 0 Å². The van der Waals surface area contributed by atoms with Crippen LogP contribution >= 0.6 is 0 Å². The molecule has 0 aromatic carbocycles. The molecule has 0 radical (unpaired) electrons. The lowest BCUT2D eigenvalue weighted by Gasteiger charge is -2.29. The van der Waals surface area contributed by atoms with Gasteiger partial charge in [0.15, 0.2) is 0 Å². The zero-order valence-corrected chi connectivity index (χ0v) is 11.9. The number of carbonyl (C=O) groups excluding carboxylic acids is 1. The Labute approximate surface area is 114 Å². The highest BCUT2D eigenvalue weighted by Gasteiger charge is 2.31. The van der Waals surface area contributed by atoms with Crippen LogP contribution in [-0.4, -0.2) is 29.6 Å². The second-order valence-electron chi connectivity index (χ2n) is 5.65. The van der Waals surface area contributed by atoms with Gasteiger partial charge in [-0.1, -0.05) is 33.1 Å². The lowest BCUT2D eigenvalue weighted by molar-refractivity contribution is -0.145. The fraction of sp³-hybridized carbons (Fsp3) is 0.857. The van der Waals surface area contributed by atoms with Crippen molar-refractivity contribution in [3.63, 3.8) is 0 Å². The van der Waals surface area contributed by atoms with Gasteiger partial charge >= 0.3 is 5.97 Å². The van der Waals surface area contributed by atoms with Gasteiger partial charge in [-0.25, -0.2) is 0 Å². The Morgan fingerprint density at radius 1 is 1.37 bits per heavy atom. The molecule has 1 aliphatic carbocycles. The molecule has 1 saturated carbocycles. The van der Waals surface area contributed by atoms with Crippen LogP contribution in [0, 0.1) is 17.8 Å². The van der Waals surface area contributed by atoms with Gasteiger partial charge in [-0.3, -0.25) is 9.59 Å². The molecular formula is C14H26N2O3. The molecule has 0 spiro atoms. The minimum atomic E-state index is -0.745. The first-order chi connectivity index (χ1) is 8.97. The maximum atomic E-state index is 11.9. The SMILES string of the molecule is CCC(C)C(N)C(=O)NCC1CCCCC1C(=O)O. The summed E-state index contributed by atoms with van der Waals surface area (Å²) < 4.78 is 0. The summed E-state index contributed by atoms with van der Waals surface area (Å²) in [6, 6.07) is -0.503. The van der Waals surface area contributed by atoms with Crippen LogP contribution in [0.3, 0.4) is 0 Å². The monoisotopic (exact) mass is 270 g/mol. The molecular weight excluding hydrogens is 244 g/mol. The normalized spacial score (nSPS) is 26.5. The van der Waals surface area contributed by atoms with Gasteiger partial charge in [0.25, 0.3) is 0 Å². The molecule has 0 aliphatic heterocycles. The van der Waals surface area contributed by atoms with E-state index in [4.69, 9.17) is 5.73 Å². The molecule has 1 rings (SSSR count). The summed E-state index contributed by atoms with van der Waals surface area (Å²) in [6.07, 6.45) is 4.45. The average Bonchev–Trinajstić information content (AvgIpc) is 2.43. The molecule has 0 heterocycles. The van der Waals surface area contributed by atoms with Gasteiger partial charge < -0.3 is 16.2 Å². The Hall–Kier alpha value is -1.10. The number of nitrogens with two attached hydrogens (primary N) is 1. The Bertz CT molecular complexity index is 320. The van der Waals surface area contributed by atoms with Crippen LogP contribution in [0.5, 0.6) is 0 Å². The number of hydrogen-bond acceptors (Lipinski definition) is 3. The zero-order valence-electron chi connectivity index (χ0n) is 11.9. The average molecular weight is 270 g/mol. The van der Waals surface area contributed by atoms with E-state index in [9.17, 15) is 14.7 Å². The number of carboxylic acid groups (broad SMARTS) is 1. The van der Waals surface area contributed by atoms with Crippen molar-refractivity contribution >= 4 is 11.9 Å². The molecule has 1 fully saturated rings. The number of carboxylic acids is 1. The van der Waals surface area contributed by atoms with E-state index in [1.54, 1.807) is 0 Å². The van der Waals surface area contributed by atoms with E-state index in [-0.39, 0.29) is 23.7 Å². The molecule has 0 aromatic rings. The number of carbonyl (C=O) groups is 2. The van der Waals surface area contributed by atoms with E-state index in [0.717, 1.165) is 25.7 Å². The highest BCUT2D eigenvalue weighted by molar-refractivity contribution is 5.81. The van der Waals surface area contributed by atoms with Crippen molar-refractivity contribution in [1.29, 1.82) is 0 Å². The van der Waals surface area contributed by atoms with E-state index in [0.29, 0.717) is 13.0 Å². The summed E-state index contributed by atoms with van der Waals surface area (Å²) in [5.41, 5.74) is 5.85. The minimum absolute atomic E-state index is 0.0410. The predicted octanol–water partition coefficient (Wildman–Crippen LogP) is 1.37. The third-order valence-electron chi connectivity index (χ3n) is 4.32. The second-order valence-corrected chi connectivity index (χ2v) is 5.65. The van der Waals surface area contributed by atoms with Crippen LogP contribution < -0.4 is 11.1 Å². The fourth-order valence-corrected chi connectivity index (χ4v) is 2.64. The topological polar surface area (TPSA) is 92.4 Å². The Balaban J connectivity index is 2.46. The van der Waals surface area contributed by atoms with Crippen LogP contribution in [0.4, 0.5) is 0 Å². The first-order valence-corrected chi connectivity index (χ1v) is 7.23. The smallest absolute Gasteiger partial charge is 0.306 e. The van der Waals surface area contributed by atoms with Crippen LogP contribution in [0.25, 0.3) is 0 Å². The van der Waals surface area contributed by atoms with Crippen molar-refractivity contribution in [1.82, 2.24) is 5.32 Å².